The number of hydrogen-bond donors (Lipinski definition) is 2. The minimum absolute atomic E-state index is 0. The topological polar surface area (TPSA) is 49.3 Å². The van der Waals surface area contributed by atoms with Crippen molar-refractivity contribution in [1.29, 1.82) is 0 Å². The molecule has 2 N–H and O–H groups in total. The molecule has 0 aliphatic carbocycles. The van der Waals surface area contributed by atoms with Gasteiger partial charge in [-0.2, -0.15) is 0 Å². The molecule has 1 unspecified atom stereocenters. The van der Waals surface area contributed by atoms with Crippen LogP contribution in [-0.4, -0.2) is 23.2 Å². The molecular weight excluding hydrogens is 180 g/mol. The molecule has 1 rings (SSSR count). The van der Waals surface area contributed by atoms with Crippen LogP contribution in [0, 0.1) is 0 Å². The smallest absolute Gasteiger partial charge is 0.292 e. The van der Waals surface area contributed by atoms with Crippen molar-refractivity contribution in [3.63, 3.8) is 0 Å². The summed E-state index contributed by atoms with van der Waals surface area (Å²) in [5.74, 6) is -3.69. The summed E-state index contributed by atoms with van der Waals surface area (Å²) in [4.78, 5) is 10.4. The summed E-state index contributed by atoms with van der Waals surface area (Å²) in [5.41, 5.74) is 0. The second-order valence-corrected chi connectivity index (χ2v) is 2.23. The Morgan fingerprint density at radius 1 is 1.64 bits per heavy atom. The van der Waals surface area contributed by atoms with Gasteiger partial charge < -0.3 is 10.4 Å². The van der Waals surface area contributed by atoms with Gasteiger partial charge in [0.2, 0.25) is 5.91 Å². The van der Waals surface area contributed by atoms with Gasteiger partial charge in [-0.15, -0.1) is 12.4 Å². The van der Waals surface area contributed by atoms with E-state index in [2.05, 4.69) is 0 Å². The van der Waals surface area contributed by atoms with Gasteiger partial charge in [-0.1, -0.05) is 0 Å². The van der Waals surface area contributed by atoms with Gasteiger partial charge in [0, 0.05) is 12.8 Å². The summed E-state index contributed by atoms with van der Waals surface area (Å²) in [6.07, 6.45) is -2.79. The molecule has 3 nitrogen and oxygen atoms in total. The van der Waals surface area contributed by atoms with Crippen molar-refractivity contribution < 1.29 is 18.7 Å². The van der Waals surface area contributed by atoms with Crippen molar-refractivity contribution in [1.82, 2.24) is 5.32 Å². The molecule has 0 aromatic heterocycles. The standard InChI is InChI=1S/C5H7F2NO2.ClH/c6-5(7)2-1-3(9)8-4(5)10;/h4,10H,1-2H2,(H,8,9);1H. The lowest BCUT2D eigenvalue weighted by Gasteiger charge is -2.27. The Balaban J connectivity index is 0.000001000. The number of hydrogen-bond acceptors (Lipinski definition) is 2. The molecule has 1 aliphatic heterocycles. The summed E-state index contributed by atoms with van der Waals surface area (Å²) in [6.45, 7) is 0. The van der Waals surface area contributed by atoms with E-state index in [1.165, 1.54) is 0 Å². The molecule has 1 amide bonds. The Morgan fingerprint density at radius 3 is 2.55 bits per heavy atom. The zero-order valence-electron chi connectivity index (χ0n) is 5.51. The predicted molar refractivity (Wildman–Crippen MR) is 35.6 cm³/mol. The molecule has 1 atom stereocenters. The van der Waals surface area contributed by atoms with Gasteiger partial charge in [0.1, 0.15) is 0 Å². The first-order valence-corrected chi connectivity index (χ1v) is 2.87. The Bertz CT molecular complexity index is 165. The molecule has 1 heterocycles. The van der Waals surface area contributed by atoms with Crippen molar-refractivity contribution in [2.75, 3.05) is 0 Å². The lowest BCUT2D eigenvalue weighted by atomic mass is 10.1. The lowest BCUT2D eigenvalue weighted by molar-refractivity contribution is -0.162. The Hall–Kier alpha value is -0.420. The van der Waals surface area contributed by atoms with E-state index in [0.29, 0.717) is 0 Å². The molecule has 0 radical (unpaired) electrons. The van der Waals surface area contributed by atoms with Crippen LogP contribution in [0.5, 0.6) is 0 Å². The molecule has 0 saturated carbocycles. The summed E-state index contributed by atoms with van der Waals surface area (Å²) in [6, 6.07) is 0. The number of halogens is 3. The molecule has 0 aromatic rings. The highest BCUT2D eigenvalue weighted by atomic mass is 35.5. The maximum Gasteiger partial charge on any atom is 0.292 e. The second kappa shape index (κ2) is 3.32. The highest BCUT2D eigenvalue weighted by Gasteiger charge is 2.42. The van der Waals surface area contributed by atoms with E-state index in [9.17, 15) is 13.6 Å². The highest BCUT2D eigenvalue weighted by molar-refractivity contribution is 5.85. The summed E-state index contributed by atoms with van der Waals surface area (Å²) < 4.78 is 24.6. The summed E-state index contributed by atoms with van der Waals surface area (Å²) >= 11 is 0. The number of carbonyl (C=O) groups is 1. The first kappa shape index (κ1) is 10.6. The maximum atomic E-state index is 12.3. The Morgan fingerprint density at radius 2 is 2.18 bits per heavy atom. The zero-order valence-corrected chi connectivity index (χ0v) is 6.33. The van der Waals surface area contributed by atoms with Crippen molar-refractivity contribution in [3.05, 3.63) is 0 Å². The van der Waals surface area contributed by atoms with E-state index in [1.54, 1.807) is 5.32 Å². The van der Waals surface area contributed by atoms with Crippen LogP contribution in [0.2, 0.25) is 0 Å². The highest BCUT2D eigenvalue weighted by Crippen LogP contribution is 2.26. The molecule has 6 heteroatoms. The van der Waals surface area contributed by atoms with E-state index in [-0.39, 0.29) is 18.8 Å². The predicted octanol–water partition coefficient (Wildman–Crippen LogP) is 0.272. The first-order chi connectivity index (χ1) is 4.52. The number of aliphatic hydroxyl groups excluding tert-OH is 1. The fraction of sp³-hybridized carbons (Fsp3) is 0.800. The molecule has 1 aliphatic rings. The fourth-order valence-corrected chi connectivity index (χ4v) is 0.747. The molecular formula is C5H8ClF2NO2. The number of alkyl halides is 2. The quantitative estimate of drug-likeness (QED) is 0.572. The van der Waals surface area contributed by atoms with E-state index in [0.717, 1.165) is 0 Å². The third-order valence-electron chi connectivity index (χ3n) is 1.38. The fourth-order valence-electron chi connectivity index (χ4n) is 0.747. The van der Waals surface area contributed by atoms with E-state index in [4.69, 9.17) is 5.11 Å². The van der Waals surface area contributed by atoms with Gasteiger partial charge in [-0.3, -0.25) is 4.79 Å². The third kappa shape index (κ3) is 2.27. The van der Waals surface area contributed by atoms with Crippen LogP contribution in [0.15, 0.2) is 0 Å². The van der Waals surface area contributed by atoms with Crippen LogP contribution < -0.4 is 5.32 Å². The average molecular weight is 188 g/mol. The lowest BCUT2D eigenvalue weighted by Crippen LogP contribution is -2.52. The Labute approximate surface area is 68.2 Å². The van der Waals surface area contributed by atoms with Crippen LogP contribution >= 0.6 is 12.4 Å². The number of nitrogens with one attached hydrogen (secondary N) is 1. The van der Waals surface area contributed by atoms with Crippen molar-refractivity contribution >= 4 is 18.3 Å². The molecule has 1 fully saturated rings. The van der Waals surface area contributed by atoms with Crippen molar-refractivity contribution in [2.45, 2.75) is 25.0 Å². The van der Waals surface area contributed by atoms with Gasteiger partial charge in [-0.05, 0) is 0 Å². The summed E-state index contributed by atoms with van der Waals surface area (Å²) in [7, 11) is 0. The monoisotopic (exact) mass is 187 g/mol. The SMILES string of the molecule is Cl.O=C1CCC(F)(F)C(O)N1. The van der Waals surface area contributed by atoms with Crippen LogP contribution in [-0.2, 0) is 4.79 Å². The molecule has 66 valence electrons. The van der Waals surface area contributed by atoms with Crippen LogP contribution in [0.4, 0.5) is 8.78 Å². The minimum Gasteiger partial charge on any atom is -0.368 e. The van der Waals surface area contributed by atoms with Crippen molar-refractivity contribution in [2.24, 2.45) is 0 Å². The average Bonchev–Trinajstić information content (AvgIpc) is 1.81. The zero-order chi connectivity index (χ0) is 7.78. The molecule has 11 heavy (non-hydrogen) atoms. The third-order valence-corrected chi connectivity index (χ3v) is 1.38. The Kier molecular flexibility index (Phi) is 3.19. The van der Waals surface area contributed by atoms with Crippen LogP contribution in [0.1, 0.15) is 12.8 Å². The number of piperidine rings is 1. The minimum atomic E-state index is -3.16. The van der Waals surface area contributed by atoms with Crippen LogP contribution in [0.25, 0.3) is 0 Å². The summed E-state index contributed by atoms with van der Waals surface area (Å²) in [5, 5.41) is 10.3. The number of aliphatic hydroxyl groups is 1. The number of carbonyl (C=O) groups excluding carboxylic acids is 1. The van der Waals surface area contributed by atoms with E-state index >= 15 is 0 Å². The molecule has 0 aromatic carbocycles. The van der Waals surface area contributed by atoms with Crippen molar-refractivity contribution in [3.8, 4) is 0 Å². The van der Waals surface area contributed by atoms with E-state index in [1.807, 2.05) is 0 Å². The maximum absolute atomic E-state index is 12.3. The molecule has 1 saturated heterocycles. The van der Waals surface area contributed by atoms with Gasteiger partial charge in [0.15, 0.2) is 6.23 Å². The van der Waals surface area contributed by atoms with Gasteiger partial charge in [0.25, 0.3) is 5.92 Å². The molecule has 0 bridgehead atoms. The van der Waals surface area contributed by atoms with E-state index < -0.39 is 24.5 Å². The largest absolute Gasteiger partial charge is 0.368 e. The normalized spacial score (nSPS) is 28.6. The number of amides is 1. The van der Waals surface area contributed by atoms with Gasteiger partial charge in [-0.25, -0.2) is 8.78 Å². The van der Waals surface area contributed by atoms with Gasteiger partial charge >= 0.3 is 0 Å². The first-order valence-electron chi connectivity index (χ1n) is 2.87. The van der Waals surface area contributed by atoms with Gasteiger partial charge in [0.05, 0.1) is 0 Å². The second-order valence-electron chi connectivity index (χ2n) is 2.23. The number of rotatable bonds is 0. The molecule has 0 spiro atoms. The van der Waals surface area contributed by atoms with Crippen LogP contribution in [0.3, 0.4) is 0 Å².